The Kier molecular flexibility index (Phi) is 3.90. The Morgan fingerprint density at radius 1 is 1.15 bits per heavy atom. The number of rotatable bonds is 2. The van der Waals surface area contributed by atoms with E-state index in [-0.39, 0.29) is 11.4 Å². The van der Waals surface area contributed by atoms with Crippen LogP contribution in [0, 0.1) is 30.6 Å². The summed E-state index contributed by atoms with van der Waals surface area (Å²) in [6.45, 7) is 4.05. The van der Waals surface area contributed by atoms with Crippen molar-refractivity contribution in [1.82, 2.24) is 5.43 Å². The van der Waals surface area contributed by atoms with Crippen LogP contribution in [-0.2, 0) is 0 Å². The molecule has 128 valence electrons. The summed E-state index contributed by atoms with van der Waals surface area (Å²) in [5.74, 6) is 0.507. The lowest BCUT2D eigenvalue weighted by atomic mass is 10.1. The highest BCUT2D eigenvalue weighted by atomic mass is 32.2. The van der Waals surface area contributed by atoms with Crippen LogP contribution in [0.1, 0.15) is 11.1 Å². The number of amidine groups is 2. The van der Waals surface area contributed by atoms with Crippen LogP contribution in [0.15, 0.2) is 63.9 Å². The number of thioether (sulfide) groups is 1. The molecule has 2 aromatic rings. The van der Waals surface area contributed by atoms with Crippen LogP contribution in [0.2, 0.25) is 0 Å². The quantitative estimate of drug-likeness (QED) is 0.756. The van der Waals surface area contributed by atoms with Crippen LogP contribution < -0.4 is 15.6 Å². The molecule has 0 radical (unpaired) electrons. The van der Waals surface area contributed by atoms with Crippen molar-refractivity contribution in [3.63, 3.8) is 0 Å². The summed E-state index contributed by atoms with van der Waals surface area (Å²) in [5.41, 5.74) is 7.07. The third-order valence-corrected chi connectivity index (χ3v) is 5.44. The minimum absolute atomic E-state index is 0.106. The first kappa shape index (κ1) is 16.2. The van der Waals surface area contributed by atoms with E-state index in [0.29, 0.717) is 11.0 Å². The van der Waals surface area contributed by atoms with Crippen LogP contribution in [0.5, 0.6) is 0 Å². The average molecular weight is 360 g/mol. The molecule has 0 amide bonds. The van der Waals surface area contributed by atoms with E-state index in [0.717, 1.165) is 27.4 Å². The molecule has 0 saturated heterocycles. The number of hydrazone groups is 1. The van der Waals surface area contributed by atoms with E-state index in [4.69, 9.17) is 5.41 Å². The van der Waals surface area contributed by atoms with Crippen LogP contribution in [-0.4, -0.2) is 11.0 Å². The van der Waals surface area contributed by atoms with E-state index in [9.17, 15) is 5.26 Å². The van der Waals surface area contributed by atoms with Crippen LogP contribution in [0.25, 0.3) is 0 Å². The lowest BCUT2D eigenvalue weighted by molar-refractivity contribution is 0.896. The summed E-state index contributed by atoms with van der Waals surface area (Å²) < 4.78 is 0. The summed E-state index contributed by atoms with van der Waals surface area (Å²) in [6, 6.07) is 15.8. The van der Waals surface area contributed by atoms with E-state index in [1.165, 1.54) is 11.8 Å². The van der Waals surface area contributed by atoms with E-state index in [1.54, 1.807) is 4.90 Å². The molecule has 4 rings (SSSR count). The topological polar surface area (TPSA) is 87.3 Å². The number of hydrogen-bond acceptors (Lipinski definition) is 6. The fourth-order valence-corrected chi connectivity index (χ4v) is 4.07. The van der Waals surface area contributed by atoms with Gasteiger partial charge in [0.1, 0.15) is 17.5 Å². The highest BCUT2D eigenvalue weighted by Gasteiger charge is 2.36. The Labute approximate surface area is 155 Å². The minimum Gasteiger partial charge on any atom is -0.339 e. The zero-order valence-corrected chi connectivity index (χ0v) is 15.1. The molecular formula is C19H16N6S. The van der Waals surface area contributed by atoms with Crippen molar-refractivity contribution < 1.29 is 0 Å². The fraction of sp³-hybridized carbons (Fsp3) is 0.105. The maximum atomic E-state index is 9.71. The predicted molar refractivity (Wildman–Crippen MR) is 105 cm³/mol. The summed E-state index contributed by atoms with van der Waals surface area (Å²) in [7, 11) is 0. The zero-order valence-electron chi connectivity index (χ0n) is 14.3. The second-order valence-electron chi connectivity index (χ2n) is 6.02. The molecule has 0 fully saturated rings. The van der Waals surface area contributed by atoms with Crippen molar-refractivity contribution in [2.45, 2.75) is 18.7 Å². The Bertz CT molecular complexity index is 1020. The van der Waals surface area contributed by atoms with Gasteiger partial charge in [-0.1, -0.05) is 30.3 Å². The summed E-state index contributed by atoms with van der Waals surface area (Å²) in [6.07, 6.45) is 0. The second-order valence-corrected chi connectivity index (χ2v) is 7.00. The number of para-hydroxylation sites is 1. The minimum atomic E-state index is 0.106. The lowest BCUT2D eigenvalue weighted by Crippen LogP contribution is -2.32. The van der Waals surface area contributed by atoms with Crippen molar-refractivity contribution in [1.29, 1.82) is 10.7 Å². The Morgan fingerprint density at radius 3 is 2.62 bits per heavy atom. The van der Waals surface area contributed by atoms with Gasteiger partial charge in [-0.15, -0.1) is 5.10 Å². The second kappa shape index (κ2) is 6.24. The Balaban J connectivity index is 1.80. The fourth-order valence-electron chi connectivity index (χ4n) is 2.94. The number of hydrogen-bond donors (Lipinski definition) is 3. The van der Waals surface area contributed by atoms with Gasteiger partial charge in [0.2, 0.25) is 0 Å². The third kappa shape index (κ3) is 2.52. The average Bonchev–Trinajstić information content (AvgIpc) is 2.99. The molecule has 6 nitrogen and oxygen atoms in total. The molecule has 0 aromatic heterocycles. The molecular weight excluding hydrogens is 344 g/mol. The zero-order chi connectivity index (χ0) is 18.3. The van der Waals surface area contributed by atoms with E-state index in [1.807, 2.05) is 50.2 Å². The largest absolute Gasteiger partial charge is 0.339 e. The molecule has 7 heteroatoms. The van der Waals surface area contributed by atoms with Crippen LogP contribution >= 0.6 is 11.8 Å². The first-order valence-electron chi connectivity index (χ1n) is 8.07. The highest BCUT2D eigenvalue weighted by Crippen LogP contribution is 2.45. The van der Waals surface area contributed by atoms with Gasteiger partial charge in [0.25, 0.3) is 0 Å². The maximum absolute atomic E-state index is 9.71. The Morgan fingerprint density at radius 2 is 1.88 bits per heavy atom. The van der Waals surface area contributed by atoms with E-state index in [2.05, 4.69) is 28.0 Å². The molecule has 0 bridgehead atoms. The van der Waals surface area contributed by atoms with Gasteiger partial charge >= 0.3 is 0 Å². The first-order valence-corrected chi connectivity index (χ1v) is 8.89. The Hall–Kier alpha value is -3.24. The third-order valence-electron chi connectivity index (χ3n) is 4.27. The van der Waals surface area contributed by atoms with E-state index < -0.39 is 0 Å². The number of fused-ring (bicyclic) bond motifs is 3. The summed E-state index contributed by atoms with van der Waals surface area (Å²) in [4.78, 5) is 2.82. The monoisotopic (exact) mass is 360 g/mol. The standard InChI is InChI=1S/C19H16N6S/c1-11-8-9-12(2)16-15(11)25-17(21)14(10-20)18(23-24-19(25)26-16)22-13-6-4-3-5-7-13/h3-9,21-23H,1-2H3. The predicted octanol–water partition coefficient (Wildman–Crippen LogP) is 3.91. The molecule has 2 aromatic carbocycles. The number of nitrogens with one attached hydrogen (secondary N) is 3. The molecule has 2 aliphatic rings. The lowest BCUT2D eigenvalue weighted by Gasteiger charge is -2.20. The van der Waals surface area contributed by atoms with Gasteiger partial charge in [0.15, 0.2) is 11.0 Å². The van der Waals surface area contributed by atoms with Crippen molar-refractivity contribution in [3.8, 4) is 6.07 Å². The van der Waals surface area contributed by atoms with Gasteiger partial charge in [-0.05, 0) is 48.9 Å². The SMILES string of the molecule is Cc1ccc(C)c2c1SC1=NNC(Nc3ccccc3)=C(C#N)C(=N)N12. The van der Waals surface area contributed by atoms with Crippen LogP contribution in [0.4, 0.5) is 11.4 Å². The summed E-state index contributed by atoms with van der Waals surface area (Å²) in [5, 5.41) is 26.6. The van der Waals surface area contributed by atoms with Gasteiger partial charge in [-0.2, -0.15) is 5.26 Å². The van der Waals surface area contributed by atoms with Crippen molar-refractivity contribution in [2.75, 3.05) is 10.2 Å². The number of anilines is 2. The molecule has 0 unspecified atom stereocenters. The van der Waals surface area contributed by atoms with E-state index >= 15 is 0 Å². The molecule has 2 heterocycles. The van der Waals surface area contributed by atoms with Crippen molar-refractivity contribution in [2.24, 2.45) is 5.10 Å². The van der Waals surface area contributed by atoms with Gasteiger partial charge in [-0.3, -0.25) is 15.7 Å². The number of benzene rings is 2. The van der Waals surface area contributed by atoms with Crippen molar-refractivity contribution in [3.05, 3.63) is 65.0 Å². The number of aryl methyl sites for hydroxylation is 2. The molecule has 2 aliphatic heterocycles. The van der Waals surface area contributed by atoms with Gasteiger partial charge in [-0.25, -0.2) is 0 Å². The van der Waals surface area contributed by atoms with Gasteiger partial charge in [0, 0.05) is 10.6 Å². The van der Waals surface area contributed by atoms with Crippen molar-refractivity contribution >= 4 is 34.1 Å². The number of nitrogens with zero attached hydrogens (tertiary/aromatic N) is 3. The maximum Gasteiger partial charge on any atom is 0.198 e. The van der Waals surface area contributed by atoms with Gasteiger partial charge in [0.05, 0.1) is 5.69 Å². The molecule has 0 saturated carbocycles. The van der Waals surface area contributed by atoms with Crippen LogP contribution in [0.3, 0.4) is 0 Å². The molecule has 0 spiro atoms. The smallest absolute Gasteiger partial charge is 0.198 e. The number of nitriles is 1. The highest BCUT2D eigenvalue weighted by molar-refractivity contribution is 8.15. The molecule has 0 atom stereocenters. The summed E-state index contributed by atoms with van der Waals surface area (Å²) >= 11 is 1.51. The normalized spacial score (nSPS) is 15.5. The molecule has 3 N–H and O–H groups in total. The molecule has 0 aliphatic carbocycles. The first-order chi connectivity index (χ1) is 12.6. The molecule has 26 heavy (non-hydrogen) atoms. The van der Waals surface area contributed by atoms with Gasteiger partial charge < -0.3 is 5.32 Å².